The van der Waals surface area contributed by atoms with Gasteiger partial charge in [0.1, 0.15) is 0 Å². The first-order chi connectivity index (χ1) is 11.9. The Bertz CT molecular complexity index is 776. The van der Waals surface area contributed by atoms with E-state index in [1.54, 1.807) is 6.92 Å². The lowest BCUT2D eigenvalue weighted by atomic mass is 10.1. The molecule has 4 N–H and O–H groups in total. The predicted octanol–water partition coefficient (Wildman–Crippen LogP) is 0.982. The Morgan fingerprint density at radius 1 is 1.32 bits per heavy atom. The van der Waals surface area contributed by atoms with Crippen molar-refractivity contribution in [2.75, 3.05) is 30.9 Å². The molecule has 0 saturated heterocycles. The predicted molar refractivity (Wildman–Crippen MR) is 97.1 cm³/mol. The summed E-state index contributed by atoms with van der Waals surface area (Å²) >= 11 is 0. The van der Waals surface area contributed by atoms with Crippen LogP contribution in [0.4, 0.5) is 17.3 Å². The van der Waals surface area contributed by atoms with E-state index in [-0.39, 0.29) is 5.69 Å². The van der Waals surface area contributed by atoms with Crippen LogP contribution in [0.3, 0.4) is 0 Å². The molecular weight excluding hydrogens is 320 g/mol. The van der Waals surface area contributed by atoms with Crippen molar-refractivity contribution in [2.24, 2.45) is 5.73 Å². The molecule has 0 aliphatic heterocycles. The molecular formula is C17H22N6O2. The molecule has 0 spiro atoms. The van der Waals surface area contributed by atoms with Crippen LogP contribution in [0.2, 0.25) is 0 Å². The van der Waals surface area contributed by atoms with Crippen molar-refractivity contribution < 1.29 is 9.59 Å². The van der Waals surface area contributed by atoms with Gasteiger partial charge in [-0.1, -0.05) is 12.1 Å². The summed E-state index contributed by atoms with van der Waals surface area (Å²) in [5.74, 6) is 0.318. The van der Waals surface area contributed by atoms with Crippen LogP contribution in [0.1, 0.15) is 21.7 Å². The number of aryl methyl sites for hydroxylation is 1. The Morgan fingerprint density at radius 2 is 2.08 bits per heavy atom. The van der Waals surface area contributed by atoms with Crippen molar-refractivity contribution in [3.8, 4) is 0 Å². The van der Waals surface area contributed by atoms with Crippen LogP contribution >= 0.6 is 0 Å². The number of aromatic nitrogens is 2. The molecule has 0 bridgehead atoms. The van der Waals surface area contributed by atoms with Gasteiger partial charge in [0.05, 0.1) is 5.69 Å². The second-order valence-electron chi connectivity index (χ2n) is 5.74. The zero-order chi connectivity index (χ0) is 18.4. The van der Waals surface area contributed by atoms with Gasteiger partial charge in [0.2, 0.25) is 6.41 Å². The highest BCUT2D eigenvalue weighted by Gasteiger charge is 2.17. The number of carbonyl (C=O) groups excluding carboxylic acids is 2. The third-order valence-electron chi connectivity index (χ3n) is 3.53. The zero-order valence-corrected chi connectivity index (χ0v) is 14.5. The normalized spacial score (nSPS) is 10.2. The van der Waals surface area contributed by atoms with Gasteiger partial charge in [-0.15, -0.1) is 0 Å². The number of amides is 2. The van der Waals surface area contributed by atoms with Crippen LogP contribution in [0.5, 0.6) is 0 Å². The van der Waals surface area contributed by atoms with E-state index in [1.807, 2.05) is 43.3 Å². The minimum absolute atomic E-state index is 0.0936. The van der Waals surface area contributed by atoms with E-state index in [0.29, 0.717) is 36.7 Å². The quantitative estimate of drug-likeness (QED) is 0.487. The Morgan fingerprint density at radius 3 is 2.72 bits per heavy atom. The summed E-state index contributed by atoms with van der Waals surface area (Å²) in [4.78, 5) is 32.6. The maximum Gasteiger partial charge on any atom is 0.271 e. The molecule has 0 fully saturated rings. The number of benzene rings is 1. The average molecular weight is 342 g/mol. The number of hydrogen-bond donors (Lipinski definition) is 3. The largest absolute Gasteiger partial charge is 0.364 e. The molecule has 8 heteroatoms. The van der Waals surface area contributed by atoms with Gasteiger partial charge in [-0.3, -0.25) is 9.59 Å². The molecule has 0 aliphatic rings. The highest BCUT2D eigenvalue weighted by molar-refractivity contribution is 5.96. The topological polar surface area (TPSA) is 113 Å². The molecule has 0 atom stereocenters. The van der Waals surface area contributed by atoms with E-state index in [1.165, 1.54) is 0 Å². The van der Waals surface area contributed by atoms with Crippen molar-refractivity contribution in [1.29, 1.82) is 0 Å². The van der Waals surface area contributed by atoms with Crippen LogP contribution in [0, 0.1) is 6.92 Å². The van der Waals surface area contributed by atoms with Crippen LogP contribution in [-0.4, -0.2) is 42.9 Å². The molecule has 25 heavy (non-hydrogen) atoms. The standard InChI is InChI=1S/C17H22N6O2/c1-11-17(23(2)3)22-16(14(20-11)15(18)25)21-13-6-4-5-12(9-13)7-8-19-10-24/h4-6,9-10H,7-8H2,1-3H3,(H2,18,25)(H,19,24)(H,21,22). The minimum Gasteiger partial charge on any atom is -0.364 e. The maximum absolute atomic E-state index is 11.7. The molecule has 2 amide bonds. The lowest BCUT2D eigenvalue weighted by Gasteiger charge is -2.17. The monoisotopic (exact) mass is 342 g/mol. The molecule has 1 aromatic carbocycles. The molecule has 0 radical (unpaired) electrons. The Labute approximate surface area is 146 Å². The van der Waals surface area contributed by atoms with E-state index < -0.39 is 5.91 Å². The number of hydrogen-bond acceptors (Lipinski definition) is 6. The van der Waals surface area contributed by atoms with Crippen LogP contribution in [-0.2, 0) is 11.2 Å². The number of primary amides is 1. The van der Waals surface area contributed by atoms with Crippen LogP contribution < -0.4 is 21.3 Å². The summed E-state index contributed by atoms with van der Waals surface area (Å²) in [6, 6.07) is 7.63. The molecule has 0 unspecified atom stereocenters. The SMILES string of the molecule is Cc1nc(C(N)=O)c(Nc2cccc(CCNC=O)c2)nc1N(C)C. The molecule has 0 aliphatic carbocycles. The van der Waals surface area contributed by atoms with Crippen LogP contribution in [0.15, 0.2) is 24.3 Å². The third kappa shape index (κ3) is 4.66. The van der Waals surface area contributed by atoms with E-state index in [4.69, 9.17) is 5.73 Å². The molecule has 132 valence electrons. The van der Waals surface area contributed by atoms with Gasteiger partial charge < -0.3 is 21.3 Å². The minimum atomic E-state index is -0.644. The number of rotatable bonds is 8. The van der Waals surface area contributed by atoms with Gasteiger partial charge in [0.25, 0.3) is 5.91 Å². The average Bonchev–Trinajstić information content (AvgIpc) is 2.56. The third-order valence-corrected chi connectivity index (χ3v) is 3.53. The van der Waals surface area contributed by atoms with Gasteiger partial charge in [0, 0.05) is 26.3 Å². The summed E-state index contributed by atoms with van der Waals surface area (Å²) < 4.78 is 0. The molecule has 1 aromatic heterocycles. The fraction of sp³-hybridized carbons (Fsp3) is 0.294. The Kier molecular flexibility index (Phi) is 5.89. The van der Waals surface area contributed by atoms with Crippen molar-refractivity contribution in [3.05, 3.63) is 41.2 Å². The lowest BCUT2D eigenvalue weighted by Crippen LogP contribution is -2.21. The first-order valence-electron chi connectivity index (χ1n) is 7.81. The highest BCUT2D eigenvalue weighted by atomic mass is 16.1. The molecule has 2 aromatic rings. The number of anilines is 3. The first-order valence-corrected chi connectivity index (χ1v) is 7.81. The smallest absolute Gasteiger partial charge is 0.271 e. The van der Waals surface area contributed by atoms with Gasteiger partial charge in [-0.05, 0) is 31.0 Å². The number of nitrogens with zero attached hydrogens (tertiary/aromatic N) is 3. The first kappa shape index (κ1) is 18.2. The van der Waals surface area contributed by atoms with Gasteiger partial charge >= 0.3 is 0 Å². The summed E-state index contributed by atoms with van der Waals surface area (Å²) in [7, 11) is 3.71. The summed E-state index contributed by atoms with van der Waals surface area (Å²) in [6.07, 6.45) is 1.37. The van der Waals surface area contributed by atoms with Gasteiger partial charge in [-0.2, -0.15) is 0 Å². The summed E-state index contributed by atoms with van der Waals surface area (Å²) in [5, 5.41) is 5.74. The zero-order valence-electron chi connectivity index (χ0n) is 14.5. The van der Waals surface area contributed by atoms with E-state index >= 15 is 0 Å². The van der Waals surface area contributed by atoms with E-state index in [0.717, 1.165) is 11.3 Å². The molecule has 8 nitrogen and oxygen atoms in total. The fourth-order valence-corrected chi connectivity index (χ4v) is 2.41. The van der Waals surface area contributed by atoms with Gasteiger partial charge in [-0.25, -0.2) is 9.97 Å². The summed E-state index contributed by atoms with van der Waals surface area (Å²) in [5.41, 5.74) is 7.95. The van der Waals surface area contributed by atoms with Crippen molar-refractivity contribution in [1.82, 2.24) is 15.3 Å². The second kappa shape index (κ2) is 8.09. The summed E-state index contributed by atoms with van der Waals surface area (Å²) in [6.45, 7) is 2.33. The van der Waals surface area contributed by atoms with Crippen molar-refractivity contribution in [3.63, 3.8) is 0 Å². The van der Waals surface area contributed by atoms with Crippen LogP contribution in [0.25, 0.3) is 0 Å². The molecule has 1 heterocycles. The molecule has 0 saturated carbocycles. The van der Waals surface area contributed by atoms with E-state index in [9.17, 15) is 9.59 Å². The van der Waals surface area contributed by atoms with Crippen molar-refractivity contribution in [2.45, 2.75) is 13.3 Å². The second-order valence-corrected chi connectivity index (χ2v) is 5.74. The maximum atomic E-state index is 11.7. The van der Waals surface area contributed by atoms with Crippen molar-refractivity contribution >= 4 is 29.6 Å². The lowest BCUT2D eigenvalue weighted by molar-refractivity contribution is -0.109. The fourth-order valence-electron chi connectivity index (χ4n) is 2.41. The highest BCUT2D eigenvalue weighted by Crippen LogP contribution is 2.23. The molecule has 2 rings (SSSR count). The Balaban J connectivity index is 2.32. The number of nitrogens with two attached hydrogens (primary N) is 1. The van der Waals surface area contributed by atoms with Gasteiger partial charge in [0.15, 0.2) is 17.3 Å². The Hall–Kier alpha value is -3.16. The number of carbonyl (C=O) groups is 2. The number of nitrogens with one attached hydrogen (secondary N) is 2. The van der Waals surface area contributed by atoms with E-state index in [2.05, 4.69) is 20.6 Å².